The molecule has 2 saturated heterocycles. The first kappa shape index (κ1) is 19.9. The molecule has 10 nitrogen and oxygen atoms in total. The van der Waals surface area contributed by atoms with Gasteiger partial charge in [-0.25, -0.2) is 0 Å². The lowest BCUT2D eigenvalue weighted by molar-refractivity contribution is -0.316. The van der Waals surface area contributed by atoms with Crippen molar-refractivity contribution < 1.29 is 49.6 Å². The number of rotatable bonds is 5. The van der Waals surface area contributed by atoms with Crippen LogP contribution in [-0.2, 0) is 18.9 Å². The molecule has 2 aliphatic rings. The van der Waals surface area contributed by atoms with Crippen LogP contribution < -0.4 is 0 Å². The molecule has 0 aromatic carbocycles. The molecule has 0 radical (unpaired) electrons. The molecule has 0 aromatic heterocycles. The van der Waals surface area contributed by atoms with Crippen LogP contribution in [0, 0.1) is 0 Å². The summed E-state index contributed by atoms with van der Waals surface area (Å²) in [5.41, 5.74) is 0. The summed E-state index contributed by atoms with van der Waals surface area (Å²) in [6, 6.07) is 0. The molecular formula is C14H26O10. The minimum Gasteiger partial charge on any atom is -0.394 e. The average Bonchev–Trinajstić information content (AvgIpc) is 2.58. The minimum absolute atomic E-state index is 0.264. The Kier molecular flexibility index (Phi) is 6.90. The molecular weight excluding hydrogens is 328 g/mol. The van der Waals surface area contributed by atoms with Crippen molar-refractivity contribution in [3.63, 3.8) is 0 Å². The van der Waals surface area contributed by atoms with Gasteiger partial charge in [0.25, 0.3) is 0 Å². The predicted octanol–water partition coefficient (Wildman–Crippen LogP) is -3.67. The number of ether oxygens (including phenoxy) is 4. The van der Waals surface area contributed by atoms with Crippen molar-refractivity contribution in [1.29, 1.82) is 0 Å². The molecule has 10 heteroatoms. The second-order valence-corrected chi connectivity index (χ2v) is 6.09. The molecule has 0 aliphatic carbocycles. The summed E-state index contributed by atoms with van der Waals surface area (Å²) in [5, 5.41) is 58.7. The zero-order valence-corrected chi connectivity index (χ0v) is 13.5. The molecule has 0 amide bonds. The first-order valence-corrected chi connectivity index (χ1v) is 7.78. The lowest BCUT2D eigenvalue weighted by Gasteiger charge is -2.43. The minimum atomic E-state index is -1.44. The molecule has 10 unspecified atom stereocenters. The van der Waals surface area contributed by atoms with E-state index in [1.807, 2.05) is 0 Å². The van der Waals surface area contributed by atoms with Crippen LogP contribution in [-0.4, -0.2) is 112 Å². The van der Waals surface area contributed by atoms with Crippen molar-refractivity contribution >= 4 is 0 Å². The fourth-order valence-corrected chi connectivity index (χ4v) is 2.95. The number of methoxy groups -OCH3 is 1. The van der Waals surface area contributed by atoms with E-state index >= 15 is 0 Å². The van der Waals surface area contributed by atoms with Gasteiger partial charge in [0.15, 0.2) is 6.29 Å². The van der Waals surface area contributed by atoms with Gasteiger partial charge in [-0.1, -0.05) is 0 Å². The predicted molar refractivity (Wildman–Crippen MR) is 76.9 cm³/mol. The van der Waals surface area contributed by atoms with Crippen LogP contribution in [0.1, 0.15) is 6.92 Å². The fraction of sp³-hybridized carbons (Fsp3) is 1.00. The maximum Gasteiger partial charge on any atom is 0.186 e. The Bertz CT molecular complexity index is 394. The highest BCUT2D eigenvalue weighted by Crippen LogP contribution is 2.26. The Morgan fingerprint density at radius 3 is 2.08 bits per heavy atom. The van der Waals surface area contributed by atoms with Gasteiger partial charge in [-0.2, -0.15) is 0 Å². The molecule has 0 saturated carbocycles. The molecule has 0 spiro atoms. The zero-order valence-electron chi connectivity index (χ0n) is 13.5. The molecule has 24 heavy (non-hydrogen) atoms. The lowest BCUT2D eigenvalue weighted by Crippen LogP contribution is -2.61. The number of hydrogen-bond donors (Lipinski definition) is 6. The van der Waals surface area contributed by atoms with E-state index in [0.29, 0.717) is 0 Å². The summed E-state index contributed by atoms with van der Waals surface area (Å²) in [7, 11) is 1.31. The molecule has 142 valence electrons. The summed E-state index contributed by atoms with van der Waals surface area (Å²) in [4.78, 5) is 0. The van der Waals surface area contributed by atoms with Crippen LogP contribution in [0.15, 0.2) is 0 Å². The highest BCUT2D eigenvalue weighted by Gasteiger charge is 2.47. The molecule has 6 N–H and O–H groups in total. The second kappa shape index (κ2) is 8.32. The van der Waals surface area contributed by atoms with Gasteiger partial charge in [0.1, 0.15) is 48.8 Å². The summed E-state index contributed by atoms with van der Waals surface area (Å²) < 4.78 is 21.1. The normalized spacial score (nSPS) is 50.0. The maximum atomic E-state index is 10.0. The van der Waals surface area contributed by atoms with Crippen molar-refractivity contribution in [2.24, 2.45) is 0 Å². The van der Waals surface area contributed by atoms with Crippen molar-refractivity contribution in [2.45, 2.75) is 68.1 Å². The molecule has 0 bridgehead atoms. The van der Waals surface area contributed by atoms with E-state index in [4.69, 9.17) is 18.9 Å². The fourth-order valence-electron chi connectivity index (χ4n) is 2.95. The monoisotopic (exact) mass is 354 g/mol. The first-order chi connectivity index (χ1) is 11.3. The third-order valence-electron chi connectivity index (χ3n) is 4.47. The third kappa shape index (κ3) is 3.88. The van der Waals surface area contributed by atoms with E-state index in [-0.39, 0.29) is 6.61 Å². The van der Waals surface area contributed by atoms with Gasteiger partial charge in [-0.3, -0.25) is 0 Å². The van der Waals surface area contributed by atoms with Crippen LogP contribution >= 0.6 is 0 Å². The number of aliphatic hydroxyl groups is 6. The average molecular weight is 354 g/mol. The second-order valence-electron chi connectivity index (χ2n) is 6.09. The molecule has 2 rings (SSSR count). The van der Waals surface area contributed by atoms with E-state index in [9.17, 15) is 30.6 Å². The Labute approximate surface area is 139 Å². The van der Waals surface area contributed by atoms with Crippen molar-refractivity contribution in [3.05, 3.63) is 0 Å². The molecule has 2 aliphatic heterocycles. The number of aliphatic hydroxyl groups excluding tert-OH is 6. The van der Waals surface area contributed by atoms with E-state index in [2.05, 4.69) is 0 Å². The van der Waals surface area contributed by atoms with Gasteiger partial charge < -0.3 is 49.6 Å². The molecule has 0 aromatic rings. The Morgan fingerprint density at radius 1 is 0.833 bits per heavy atom. The van der Waals surface area contributed by atoms with Gasteiger partial charge in [-0.05, 0) is 6.92 Å². The maximum absolute atomic E-state index is 10.0. The third-order valence-corrected chi connectivity index (χ3v) is 4.47. The van der Waals surface area contributed by atoms with Crippen LogP contribution in [0.3, 0.4) is 0 Å². The van der Waals surface area contributed by atoms with Crippen LogP contribution in [0.2, 0.25) is 0 Å². The quantitative estimate of drug-likeness (QED) is 0.290. The van der Waals surface area contributed by atoms with Crippen molar-refractivity contribution in [3.8, 4) is 0 Å². The summed E-state index contributed by atoms with van der Waals surface area (Å²) >= 11 is 0. The van der Waals surface area contributed by atoms with E-state index < -0.39 is 67.8 Å². The van der Waals surface area contributed by atoms with Crippen molar-refractivity contribution in [1.82, 2.24) is 0 Å². The molecule has 2 fully saturated rings. The van der Waals surface area contributed by atoms with E-state index in [1.54, 1.807) is 0 Å². The van der Waals surface area contributed by atoms with Gasteiger partial charge in [0, 0.05) is 7.11 Å². The van der Waals surface area contributed by atoms with Crippen LogP contribution in [0.25, 0.3) is 0 Å². The lowest BCUT2D eigenvalue weighted by atomic mass is 9.96. The van der Waals surface area contributed by atoms with E-state index in [0.717, 1.165) is 0 Å². The van der Waals surface area contributed by atoms with E-state index in [1.165, 1.54) is 14.0 Å². The summed E-state index contributed by atoms with van der Waals surface area (Å²) in [5.74, 6) is 0. The van der Waals surface area contributed by atoms with Crippen molar-refractivity contribution in [2.75, 3.05) is 20.3 Å². The summed E-state index contributed by atoms with van der Waals surface area (Å²) in [6.07, 6.45) is -11.6. The highest BCUT2D eigenvalue weighted by molar-refractivity contribution is 4.92. The SMILES string of the molecule is COC1C(CO)OC(OCC2OC(C)C(O)C(O)C2O)C(O)C1O. The van der Waals surface area contributed by atoms with Crippen LogP contribution in [0.4, 0.5) is 0 Å². The summed E-state index contributed by atoms with van der Waals surface area (Å²) in [6.45, 7) is 0.819. The van der Waals surface area contributed by atoms with Crippen LogP contribution in [0.5, 0.6) is 0 Å². The number of hydrogen-bond acceptors (Lipinski definition) is 10. The Balaban J connectivity index is 1.95. The molecule has 2 heterocycles. The Morgan fingerprint density at radius 2 is 1.50 bits per heavy atom. The van der Waals surface area contributed by atoms with Gasteiger partial charge in [0.05, 0.1) is 19.3 Å². The van der Waals surface area contributed by atoms with Gasteiger partial charge in [0.2, 0.25) is 0 Å². The molecule has 10 atom stereocenters. The van der Waals surface area contributed by atoms with Gasteiger partial charge in [-0.15, -0.1) is 0 Å². The smallest absolute Gasteiger partial charge is 0.186 e. The first-order valence-electron chi connectivity index (χ1n) is 7.78. The topological polar surface area (TPSA) is 158 Å². The highest BCUT2D eigenvalue weighted by atomic mass is 16.7. The largest absolute Gasteiger partial charge is 0.394 e. The standard InChI is InChI=1S/C14H26O10/c1-5-8(16)10(18)9(17)7(23-5)4-22-14-12(20)11(19)13(21-2)6(3-15)24-14/h5-20H,3-4H2,1-2H3. The van der Waals surface area contributed by atoms with Gasteiger partial charge >= 0.3 is 0 Å². The Hall–Kier alpha value is -0.400. The zero-order chi connectivity index (χ0) is 18.0.